The molecule has 4 heterocycles. The maximum Gasteiger partial charge on any atom is 0.204 e. The predicted octanol–water partition coefficient (Wildman–Crippen LogP) is 2.19. The first-order valence-corrected chi connectivity index (χ1v) is 7.68. The minimum atomic E-state index is 0.640. The Bertz CT molecular complexity index is 756. The van der Waals surface area contributed by atoms with Gasteiger partial charge in [0, 0.05) is 25.4 Å². The number of anilines is 1. The molecule has 2 N–H and O–H groups in total. The molecular formula is C16H19N5O. The largest absolute Gasteiger partial charge is 0.448 e. The Morgan fingerprint density at radius 3 is 2.82 bits per heavy atom. The van der Waals surface area contributed by atoms with E-state index < -0.39 is 0 Å². The average molecular weight is 297 g/mol. The van der Waals surface area contributed by atoms with Crippen molar-refractivity contribution in [3.8, 4) is 5.88 Å². The van der Waals surface area contributed by atoms with E-state index in [1.54, 1.807) is 12.6 Å². The zero-order valence-corrected chi connectivity index (χ0v) is 12.4. The van der Waals surface area contributed by atoms with Crippen LogP contribution in [0.3, 0.4) is 0 Å². The van der Waals surface area contributed by atoms with Crippen LogP contribution < -0.4 is 10.6 Å². The lowest BCUT2D eigenvalue weighted by Gasteiger charge is -2.32. The van der Waals surface area contributed by atoms with Gasteiger partial charge in [-0.25, -0.2) is 9.97 Å². The van der Waals surface area contributed by atoms with Crippen LogP contribution in [-0.2, 0) is 0 Å². The van der Waals surface area contributed by atoms with Crippen LogP contribution in [0.4, 0.5) is 5.82 Å². The summed E-state index contributed by atoms with van der Waals surface area (Å²) in [7, 11) is 0. The maximum absolute atomic E-state index is 5.78. The summed E-state index contributed by atoms with van der Waals surface area (Å²) >= 11 is 0. The zero-order chi connectivity index (χ0) is 14.9. The molecule has 0 aromatic carbocycles. The van der Waals surface area contributed by atoms with Gasteiger partial charge < -0.3 is 15.1 Å². The van der Waals surface area contributed by atoms with Gasteiger partial charge >= 0.3 is 0 Å². The molecule has 0 amide bonds. The highest BCUT2D eigenvalue weighted by Gasteiger charge is 2.21. The van der Waals surface area contributed by atoms with E-state index in [-0.39, 0.29) is 0 Å². The van der Waals surface area contributed by atoms with E-state index in [9.17, 15) is 0 Å². The number of hydrogen-bond donors (Lipinski definition) is 1. The van der Waals surface area contributed by atoms with Crippen LogP contribution >= 0.6 is 0 Å². The van der Waals surface area contributed by atoms with Gasteiger partial charge in [0.05, 0.1) is 11.6 Å². The number of rotatable bonds is 3. The quantitative estimate of drug-likeness (QED) is 0.802. The Labute approximate surface area is 128 Å². The van der Waals surface area contributed by atoms with Crippen molar-refractivity contribution in [2.24, 2.45) is 11.7 Å². The molecular weight excluding hydrogens is 278 g/mol. The number of hydrogen-bond acceptors (Lipinski definition) is 5. The zero-order valence-electron chi connectivity index (χ0n) is 12.4. The second-order valence-electron chi connectivity index (χ2n) is 5.74. The van der Waals surface area contributed by atoms with E-state index in [2.05, 4.69) is 20.9 Å². The molecule has 1 aliphatic rings. The van der Waals surface area contributed by atoms with E-state index in [4.69, 9.17) is 10.2 Å². The van der Waals surface area contributed by atoms with Crippen LogP contribution in [0.2, 0.25) is 0 Å². The Morgan fingerprint density at radius 1 is 1.23 bits per heavy atom. The molecule has 0 saturated carbocycles. The van der Waals surface area contributed by atoms with Crippen LogP contribution in [0, 0.1) is 5.92 Å². The topological polar surface area (TPSA) is 73.1 Å². The standard InChI is InChI=1S/C16H19N5O/c17-10-12-3-6-20(7-4-12)15-13-5-8-21(14-2-1-9-22-14)16(13)19-11-18-15/h1-2,5,8-9,11-12H,3-4,6-7,10,17H2. The molecule has 1 aliphatic heterocycles. The van der Waals surface area contributed by atoms with E-state index in [0.29, 0.717) is 5.92 Å². The smallest absolute Gasteiger partial charge is 0.204 e. The van der Waals surface area contributed by atoms with E-state index in [0.717, 1.165) is 55.2 Å². The van der Waals surface area contributed by atoms with Crippen molar-refractivity contribution in [3.63, 3.8) is 0 Å². The lowest BCUT2D eigenvalue weighted by Crippen LogP contribution is -2.36. The highest BCUT2D eigenvalue weighted by atomic mass is 16.3. The van der Waals surface area contributed by atoms with E-state index in [1.807, 2.05) is 22.9 Å². The van der Waals surface area contributed by atoms with Crippen molar-refractivity contribution >= 4 is 16.9 Å². The molecule has 0 aliphatic carbocycles. The normalized spacial score (nSPS) is 16.5. The summed E-state index contributed by atoms with van der Waals surface area (Å²) in [5.41, 5.74) is 6.65. The van der Waals surface area contributed by atoms with Crippen molar-refractivity contribution in [2.75, 3.05) is 24.5 Å². The Morgan fingerprint density at radius 2 is 2.09 bits per heavy atom. The highest BCUT2D eigenvalue weighted by Crippen LogP contribution is 2.29. The Balaban J connectivity index is 1.71. The third-order valence-electron chi connectivity index (χ3n) is 4.45. The first-order valence-electron chi connectivity index (χ1n) is 7.68. The van der Waals surface area contributed by atoms with Crippen LogP contribution in [0.5, 0.6) is 0 Å². The fourth-order valence-electron chi connectivity index (χ4n) is 3.16. The van der Waals surface area contributed by atoms with Gasteiger partial charge in [-0.05, 0) is 37.4 Å². The van der Waals surface area contributed by atoms with Crippen molar-refractivity contribution < 1.29 is 4.42 Å². The van der Waals surface area contributed by atoms with Crippen molar-refractivity contribution in [2.45, 2.75) is 12.8 Å². The number of nitrogens with two attached hydrogens (primary N) is 1. The third-order valence-corrected chi connectivity index (χ3v) is 4.45. The Hall–Kier alpha value is -2.34. The van der Waals surface area contributed by atoms with Gasteiger partial charge in [0.25, 0.3) is 0 Å². The Kier molecular flexibility index (Phi) is 3.31. The molecule has 6 heteroatoms. The third kappa shape index (κ3) is 2.16. The van der Waals surface area contributed by atoms with Gasteiger partial charge in [-0.3, -0.25) is 4.57 Å². The number of fused-ring (bicyclic) bond motifs is 1. The van der Waals surface area contributed by atoms with E-state index >= 15 is 0 Å². The second-order valence-corrected chi connectivity index (χ2v) is 5.74. The molecule has 0 unspecified atom stereocenters. The molecule has 1 fully saturated rings. The first kappa shape index (κ1) is 13.3. The van der Waals surface area contributed by atoms with Crippen molar-refractivity contribution in [1.82, 2.24) is 14.5 Å². The molecule has 3 aromatic heterocycles. The van der Waals surface area contributed by atoms with Crippen LogP contribution in [0.25, 0.3) is 16.9 Å². The number of piperidine rings is 1. The van der Waals surface area contributed by atoms with Crippen LogP contribution in [-0.4, -0.2) is 34.2 Å². The molecule has 0 bridgehead atoms. The number of aromatic nitrogens is 3. The molecule has 3 aromatic rings. The fourth-order valence-corrected chi connectivity index (χ4v) is 3.16. The summed E-state index contributed by atoms with van der Waals surface area (Å²) in [6, 6.07) is 5.86. The van der Waals surface area contributed by atoms with Gasteiger partial charge in [-0.1, -0.05) is 0 Å². The molecule has 114 valence electrons. The summed E-state index contributed by atoms with van der Waals surface area (Å²) in [6.45, 7) is 2.78. The molecule has 0 atom stereocenters. The lowest BCUT2D eigenvalue weighted by atomic mass is 9.97. The molecule has 4 rings (SSSR count). The summed E-state index contributed by atoms with van der Waals surface area (Å²) in [5, 5.41) is 1.06. The first-order chi connectivity index (χ1) is 10.9. The minimum Gasteiger partial charge on any atom is -0.448 e. The molecule has 0 spiro atoms. The number of furan rings is 1. The molecule has 0 radical (unpaired) electrons. The molecule has 1 saturated heterocycles. The second kappa shape index (κ2) is 5.46. The highest BCUT2D eigenvalue weighted by molar-refractivity contribution is 5.88. The minimum absolute atomic E-state index is 0.640. The summed E-state index contributed by atoms with van der Waals surface area (Å²) in [4.78, 5) is 11.3. The van der Waals surface area contributed by atoms with Crippen molar-refractivity contribution in [3.05, 3.63) is 37.0 Å². The van der Waals surface area contributed by atoms with Gasteiger partial charge in [0.15, 0.2) is 5.65 Å². The van der Waals surface area contributed by atoms with Gasteiger partial charge in [-0.2, -0.15) is 0 Å². The SMILES string of the molecule is NCC1CCN(c2ncnc3c2ccn3-c2ccco2)CC1. The van der Waals surface area contributed by atoms with Crippen LogP contribution in [0.1, 0.15) is 12.8 Å². The summed E-state index contributed by atoms with van der Waals surface area (Å²) in [6.07, 6.45) is 7.53. The molecule has 22 heavy (non-hydrogen) atoms. The summed E-state index contributed by atoms with van der Waals surface area (Å²) in [5.74, 6) is 2.41. The molecule has 6 nitrogen and oxygen atoms in total. The maximum atomic E-state index is 5.78. The van der Waals surface area contributed by atoms with Gasteiger partial charge in [0.2, 0.25) is 5.88 Å². The average Bonchev–Trinajstić information content (AvgIpc) is 3.23. The number of nitrogens with zero attached hydrogens (tertiary/aromatic N) is 4. The van der Waals surface area contributed by atoms with Gasteiger partial charge in [-0.15, -0.1) is 0 Å². The summed E-state index contributed by atoms with van der Waals surface area (Å²) < 4.78 is 7.43. The fraction of sp³-hybridized carbons (Fsp3) is 0.375. The van der Waals surface area contributed by atoms with E-state index in [1.165, 1.54) is 0 Å². The lowest BCUT2D eigenvalue weighted by molar-refractivity contribution is 0.413. The van der Waals surface area contributed by atoms with Crippen LogP contribution in [0.15, 0.2) is 41.4 Å². The monoisotopic (exact) mass is 297 g/mol. The predicted molar refractivity (Wildman–Crippen MR) is 85.1 cm³/mol. The van der Waals surface area contributed by atoms with Gasteiger partial charge in [0.1, 0.15) is 12.1 Å². The van der Waals surface area contributed by atoms with Crippen molar-refractivity contribution in [1.29, 1.82) is 0 Å².